The molecule has 30 heavy (non-hydrogen) atoms. The van der Waals surface area contributed by atoms with E-state index in [1.54, 1.807) is 4.90 Å². The number of thiophene rings is 1. The summed E-state index contributed by atoms with van der Waals surface area (Å²) in [4.78, 5) is 28.6. The Hall–Kier alpha value is -3.06. The topological polar surface area (TPSA) is 49.4 Å². The van der Waals surface area contributed by atoms with Crippen molar-refractivity contribution in [2.45, 2.75) is 25.8 Å². The fourth-order valence-electron chi connectivity index (χ4n) is 3.78. The first-order chi connectivity index (χ1) is 14.4. The average Bonchev–Trinajstić information content (AvgIpc) is 3.26. The van der Waals surface area contributed by atoms with Crippen LogP contribution in [0.4, 0.5) is 20.2 Å². The number of nitrogens with one attached hydrogen (secondary N) is 1. The van der Waals surface area contributed by atoms with Gasteiger partial charge in [-0.3, -0.25) is 9.59 Å². The van der Waals surface area contributed by atoms with E-state index in [1.165, 1.54) is 11.3 Å². The maximum atomic E-state index is 14.1. The minimum absolute atomic E-state index is 0.0711. The van der Waals surface area contributed by atoms with E-state index < -0.39 is 29.5 Å². The molecule has 0 bridgehead atoms. The molecule has 1 aliphatic heterocycles. The Morgan fingerprint density at radius 2 is 1.90 bits per heavy atom. The van der Waals surface area contributed by atoms with Crippen LogP contribution in [0.3, 0.4) is 0 Å². The zero-order valence-corrected chi connectivity index (χ0v) is 17.1. The van der Waals surface area contributed by atoms with Gasteiger partial charge in [-0.05, 0) is 49.1 Å². The highest BCUT2D eigenvalue weighted by molar-refractivity contribution is 7.10. The first kappa shape index (κ1) is 20.2. The van der Waals surface area contributed by atoms with E-state index in [9.17, 15) is 18.4 Å². The Kier molecular flexibility index (Phi) is 5.63. The van der Waals surface area contributed by atoms with E-state index in [1.807, 2.05) is 48.7 Å². The summed E-state index contributed by atoms with van der Waals surface area (Å²) in [6.07, 6.45) is 0.520. The molecule has 0 unspecified atom stereocenters. The molecule has 2 amide bonds. The molecule has 4 nitrogen and oxygen atoms in total. The van der Waals surface area contributed by atoms with E-state index in [-0.39, 0.29) is 18.0 Å². The summed E-state index contributed by atoms with van der Waals surface area (Å²) in [6, 6.07) is 13.7. The number of amides is 2. The maximum Gasteiger partial charge on any atom is 0.230 e. The van der Waals surface area contributed by atoms with Gasteiger partial charge in [0.15, 0.2) is 0 Å². The summed E-state index contributed by atoms with van der Waals surface area (Å²) in [5.74, 6) is -2.47. The molecule has 2 aromatic carbocycles. The number of benzene rings is 2. The fraction of sp³-hybridized carbons (Fsp3) is 0.217. The van der Waals surface area contributed by atoms with E-state index >= 15 is 0 Å². The summed E-state index contributed by atoms with van der Waals surface area (Å²) < 4.78 is 27.6. The molecule has 154 valence electrons. The van der Waals surface area contributed by atoms with E-state index in [2.05, 4.69) is 5.32 Å². The minimum atomic E-state index is -0.709. The summed E-state index contributed by atoms with van der Waals surface area (Å²) in [5, 5.41) is 4.41. The standard InChI is InChI=1S/C23H20F2N2O2S/c1-14-4-7-16(8-5-14)27-21(28)11-9-17(22(27)20-3-2-12-30-20)23(29)26-19-13-15(24)6-10-18(19)25/h2-8,10,12-13,17,22H,9,11H2,1H3,(H,26,29)/t17-,22+/m0/s1. The zero-order chi connectivity index (χ0) is 21.3. The quantitative estimate of drug-likeness (QED) is 0.602. The van der Waals surface area contributed by atoms with Crippen LogP contribution in [-0.2, 0) is 9.59 Å². The first-order valence-electron chi connectivity index (χ1n) is 9.62. The molecule has 1 fully saturated rings. The minimum Gasteiger partial charge on any atom is -0.323 e. The van der Waals surface area contributed by atoms with Crippen molar-refractivity contribution < 1.29 is 18.4 Å². The molecule has 7 heteroatoms. The number of carbonyl (C=O) groups excluding carboxylic acids is 2. The highest BCUT2D eigenvalue weighted by atomic mass is 32.1. The molecular formula is C23H20F2N2O2S. The summed E-state index contributed by atoms with van der Waals surface area (Å²) in [6.45, 7) is 1.96. The fourth-order valence-corrected chi connectivity index (χ4v) is 4.66. The Morgan fingerprint density at radius 1 is 1.13 bits per heavy atom. The summed E-state index contributed by atoms with van der Waals surface area (Å²) in [7, 11) is 0. The number of carbonyl (C=O) groups is 2. The van der Waals surface area contributed by atoms with Crippen LogP contribution in [0.25, 0.3) is 0 Å². The molecule has 0 spiro atoms. The Balaban J connectivity index is 1.71. The van der Waals surface area contributed by atoms with E-state index in [4.69, 9.17) is 0 Å². The predicted molar refractivity (Wildman–Crippen MR) is 113 cm³/mol. The Morgan fingerprint density at radius 3 is 2.60 bits per heavy atom. The highest BCUT2D eigenvalue weighted by Crippen LogP contribution is 2.42. The predicted octanol–water partition coefficient (Wildman–Crippen LogP) is 5.46. The van der Waals surface area contributed by atoms with Gasteiger partial charge in [0.1, 0.15) is 11.6 Å². The highest BCUT2D eigenvalue weighted by Gasteiger charge is 2.42. The second-order valence-corrected chi connectivity index (χ2v) is 8.30. The van der Waals surface area contributed by atoms with Crippen molar-refractivity contribution in [3.8, 4) is 0 Å². The number of halogens is 2. The van der Waals surface area contributed by atoms with Crippen LogP contribution in [-0.4, -0.2) is 11.8 Å². The van der Waals surface area contributed by atoms with Crippen molar-refractivity contribution >= 4 is 34.5 Å². The Bertz CT molecular complexity index is 1070. The van der Waals surface area contributed by atoms with Crippen LogP contribution >= 0.6 is 11.3 Å². The maximum absolute atomic E-state index is 14.1. The number of nitrogens with zero attached hydrogens (tertiary/aromatic N) is 1. The van der Waals surface area contributed by atoms with Crippen molar-refractivity contribution in [2.24, 2.45) is 5.92 Å². The molecular weight excluding hydrogens is 406 g/mol. The van der Waals surface area contributed by atoms with Gasteiger partial charge in [0.05, 0.1) is 17.6 Å². The van der Waals surface area contributed by atoms with Gasteiger partial charge in [-0.15, -0.1) is 11.3 Å². The first-order valence-corrected chi connectivity index (χ1v) is 10.5. The lowest BCUT2D eigenvalue weighted by molar-refractivity contribution is -0.125. The SMILES string of the molecule is Cc1ccc(N2C(=O)CC[C@H](C(=O)Nc3cc(F)ccc3F)[C@@H]2c2cccs2)cc1. The van der Waals surface area contributed by atoms with Gasteiger partial charge in [0.25, 0.3) is 0 Å². The largest absolute Gasteiger partial charge is 0.323 e. The molecule has 4 rings (SSSR count). The molecule has 1 aromatic heterocycles. The normalized spacial score (nSPS) is 19.0. The van der Waals surface area contributed by atoms with Crippen LogP contribution < -0.4 is 10.2 Å². The number of aryl methyl sites for hydroxylation is 1. The number of anilines is 2. The van der Waals surface area contributed by atoms with Crippen LogP contribution in [0, 0.1) is 24.5 Å². The van der Waals surface area contributed by atoms with Gasteiger partial charge in [-0.2, -0.15) is 0 Å². The molecule has 0 saturated carbocycles. The smallest absolute Gasteiger partial charge is 0.230 e. The van der Waals surface area contributed by atoms with E-state index in [0.29, 0.717) is 12.1 Å². The second-order valence-electron chi connectivity index (χ2n) is 7.32. The third kappa shape index (κ3) is 3.98. The lowest BCUT2D eigenvalue weighted by Crippen LogP contribution is -2.46. The summed E-state index contributed by atoms with van der Waals surface area (Å²) in [5.41, 5.74) is 1.56. The molecule has 0 radical (unpaired) electrons. The number of hydrogen-bond donors (Lipinski definition) is 1. The molecule has 1 aliphatic rings. The van der Waals surface area contributed by atoms with Gasteiger partial charge in [0, 0.05) is 23.1 Å². The van der Waals surface area contributed by atoms with Gasteiger partial charge in [-0.25, -0.2) is 8.78 Å². The van der Waals surface area contributed by atoms with Crippen LogP contribution in [0.5, 0.6) is 0 Å². The van der Waals surface area contributed by atoms with Gasteiger partial charge in [0.2, 0.25) is 11.8 Å². The third-order valence-electron chi connectivity index (χ3n) is 5.27. The van der Waals surface area contributed by atoms with Crippen LogP contribution in [0.2, 0.25) is 0 Å². The number of piperidine rings is 1. The molecule has 2 atom stereocenters. The molecule has 1 saturated heterocycles. The average molecular weight is 426 g/mol. The van der Waals surface area contributed by atoms with Crippen molar-refractivity contribution in [3.63, 3.8) is 0 Å². The van der Waals surface area contributed by atoms with Crippen molar-refractivity contribution in [3.05, 3.63) is 82.1 Å². The van der Waals surface area contributed by atoms with Crippen molar-refractivity contribution in [1.29, 1.82) is 0 Å². The third-order valence-corrected chi connectivity index (χ3v) is 6.21. The lowest BCUT2D eigenvalue weighted by atomic mass is 9.86. The number of rotatable bonds is 4. The van der Waals surface area contributed by atoms with Crippen molar-refractivity contribution in [2.75, 3.05) is 10.2 Å². The molecule has 0 aliphatic carbocycles. The monoisotopic (exact) mass is 426 g/mol. The van der Waals surface area contributed by atoms with Gasteiger partial charge in [-0.1, -0.05) is 23.8 Å². The molecule has 1 N–H and O–H groups in total. The zero-order valence-electron chi connectivity index (χ0n) is 16.3. The van der Waals surface area contributed by atoms with Gasteiger partial charge >= 0.3 is 0 Å². The second kappa shape index (κ2) is 8.36. The number of hydrogen-bond acceptors (Lipinski definition) is 3. The lowest BCUT2D eigenvalue weighted by Gasteiger charge is -2.40. The van der Waals surface area contributed by atoms with Gasteiger partial charge < -0.3 is 10.2 Å². The van der Waals surface area contributed by atoms with E-state index in [0.717, 1.165) is 28.6 Å². The van der Waals surface area contributed by atoms with Crippen LogP contribution in [0.1, 0.15) is 29.3 Å². The van der Waals surface area contributed by atoms with Crippen LogP contribution in [0.15, 0.2) is 60.0 Å². The molecule has 2 heterocycles. The molecule has 3 aromatic rings. The van der Waals surface area contributed by atoms with Crippen molar-refractivity contribution in [1.82, 2.24) is 0 Å². The Labute approximate surface area is 177 Å². The summed E-state index contributed by atoms with van der Waals surface area (Å²) >= 11 is 1.46.